The highest BCUT2D eigenvalue weighted by Crippen LogP contribution is 2.26. The zero-order chi connectivity index (χ0) is 13.2. The van der Waals surface area contributed by atoms with Crippen molar-refractivity contribution in [3.63, 3.8) is 0 Å². The molecule has 19 heavy (non-hydrogen) atoms. The van der Waals surface area contributed by atoms with E-state index in [0.717, 1.165) is 42.5 Å². The van der Waals surface area contributed by atoms with Crippen molar-refractivity contribution >= 4 is 5.82 Å². The third-order valence-corrected chi connectivity index (χ3v) is 3.30. The van der Waals surface area contributed by atoms with Gasteiger partial charge in [0.25, 0.3) is 0 Å². The summed E-state index contributed by atoms with van der Waals surface area (Å²) in [6, 6.07) is 0. The molecule has 0 atom stereocenters. The average molecular weight is 256 g/mol. The van der Waals surface area contributed by atoms with E-state index in [0.29, 0.717) is 17.5 Å². The van der Waals surface area contributed by atoms with E-state index in [1.807, 2.05) is 6.92 Å². The molecule has 6 heteroatoms. The number of nitrogens with two attached hydrogens (primary N) is 1. The summed E-state index contributed by atoms with van der Waals surface area (Å²) in [6.45, 7) is 1.95. The molecular weight excluding hydrogens is 240 g/mol. The Kier molecular flexibility index (Phi) is 3.08. The highest BCUT2D eigenvalue weighted by atomic mass is 15.3. The second-order valence-electron chi connectivity index (χ2n) is 4.76. The number of nitrogens with one attached hydrogen (secondary N) is 1. The molecule has 0 amide bonds. The Morgan fingerprint density at radius 1 is 1.05 bits per heavy atom. The van der Waals surface area contributed by atoms with Gasteiger partial charge in [-0.1, -0.05) is 0 Å². The largest absolute Gasteiger partial charge is 0.308 e. The molecule has 98 valence electrons. The predicted molar refractivity (Wildman–Crippen MR) is 72.2 cm³/mol. The van der Waals surface area contributed by atoms with E-state index in [4.69, 9.17) is 5.84 Å². The third kappa shape index (κ3) is 2.26. The van der Waals surface area contributed by atoms with E-state index < -0.39 is 0 Å². The number of aryl methyl sites for hydroxylation is 2. The molecule has 3 N–H and O–H groups in total. The van der Waals surface area contributed by atoms with Gasteiger partial charge in [0.2, 0.25) is 0 Å². The summed E-state index contributed by atoms with van der Waals surface area (Å²) in [7, 11) is 0. The van der Waals surface area contributed by atoms with Crippen LogP contribution in [0.5, 0.6) is 0 Å². The molecule has 2 aromatic heterocycles. The topological polar surface area (TPSA) is 89.6 Å². The average Bonchev–Trinajstić information content (AvgIpc) is 2.47. The summed E-state index contributed by atoms with van der Waals surface area (Å²) < 4.78 is 0. The second-order valence-corrected chi connectivity index (χ2v) is 4.76. The molecular formula is C13H16N6. The number of hydrogen-bond donors (Lipinski definition) is 2. The molecule has 1 aliphatic carbocycles. The van der Waals surface area contributed by atoms with Gasteiger partial charge in [-0.3, -0.25) is 0 Å². The molecule has 0 aromatic carbocycles. The van der Waals surface area contributed by atoms with E-state index in [1.54, 1.807) is 12.4 Å². The number of hydrogen-bond acceptors (Lipinski definition) is 6. The Morgan fingerprint density at radius 3 is 2.53 bits per heavy atom. The Morgan fingerprint density at radius 2 is 1.79 bits per heavy atom. The number of nitrogens with zero attached hydrogens (tertiary/aromatic N) is 4. The first kappa shape index (κ1) is 12.0. The minimum Gasteiger partial charge on any atom is -0.308 e. The zero-order valence-corrected chi connectivity index (χ0v) is 10.8. The normalized spacial score (nSPS) is 14.0. The molecule has 0 unspecified atom stereocenters. The lowest BCUT2D eigenvalue weighted by molar-refractivity contribution is 0.664. The molecule has 0 saturated carbocycles. The van der Waals surface area contributed by atoms with Gasteiger partial charge in [-0.05, 0) is 38.2 Å². The van der Waals surface area contributed by atoms with Crippen LogP contribution in [0.4, 0.5) is 5.82 Å². The number of hydrazine groups is 1. The van der Waals surface area contributed by atoms with E-state index in [2.05, 4.69) is 25.4 Å². The third-order valence-electron chi connectivity index (χ3n) is 3.30. The van der Waals surface area contributed by atoms with Crippen LogP contribution in [0.2, 0.25) is 0 Å². The van der Waals surface area contributed by atoms with Crippen LogP contribution in [0.25, 0.3) is 11.6 Å². The quantitative estimate of drug-likeness (QED) is 0.623. The van der Waals surface area contributed by atoms with Crippen molar-refractivity contribution in [2.45, 2.75) is 32.6 Å². The van der Waals surface area contributed by atoms with Crippen LogP contribution in [-0.4, -0.2) is 19.9 Å². The first-order chi connectivity index (χ1) is 9.28. The van der Waals surface area contributed by atoms with Crippen molar-refractivity contribution in [2.75, 3.05) is 5.43 Å². The van der Waals surface area contributed by atoms with Gasteiger partial charge in [-0.25, -0.2) is 25.8 Å². The van der Waals surface area contributed by atoms with Gasteiger partial charge in [0.1, 0.15) is 5.82 Å². The lowest BCUT2D eigenvalue weighted by Gasteiger charge is -2.18. The summed E-state index contributed by atoms with van der Waals surface area (Å²) in [4.78, 5) is 17.6. The van der Waals surface area contributed by atoms with Crippen LogP contribution >= 0.6 is 0 Å². The van der Waals surface area contributed by atoms with Crippen LogP contribution < -0.4 is 11.3 Å². The number of anilines is 1. The van der Waals surface area contributed by atoms with E-state index in [-0.39, 0.29) is 0 Å². The molecule has 0 bridgehead atoms. The Hall–Kier alpha value is -2.08. The molecule has 0 fully saturated rings. The second kappa shape index (κ2) is 4.89. The van der Waals surface area contributed by atoms with Gasteiger partial charge in [-0.15, -0.1) is 0 Å². The summed E-state index contributed by atoms with van der Waals surface area (Å²) in [5.41, 5.74) is 5.88. The maximum absolute atomic E-state index is 5.56. The van der Waals surface area contributed by atoms with E-state index in [9.17, 15) is 0 Å². The van der Waals surface area contributed by atoms with Crippen molar-refractivity contribution in [1.82, 2.24) is 19.9 Å². The number of fused-ring (bicyclic) bond motifs is 1. The minimum absolute atomic E-state index is 0.536. The van der Waals surface area contributed by atoms with Crippen molar-refractivity contribution in [2.24, 2.45) is 5.84 Å². The maximum atomic E-state index is 5.56. The van der Waals surface area contributed by atoms with Crippen LogP contribution in [0.3, 0.4) is 0 Å². The highest BCUT2D eigenvalue weighted by Gasteiger charge is 2.18. The first-order valence-electron chi connectivity index (χ1n) is 6.43. The summed E-state index contributed by atoms with van der Waals surface area (Å²) in [5, 5.41) is 0. The Labute approximate surface area is 111 Å². The lowest BCUT2D eigenvalue weighted by Crippen LogP contribution is -2.17. The van der Waals surface area contributed by atoms with Crippen molar-refractivity contribution in [3.8, 4) is 11.6 Å². The van der Waals surface area contributed by atoms with Gasteiger partial charge in [-0.2, -0.15) is 0 Å². The maximum Gasteiger partial charge on any atom is 0.199 e. The van der Waals surface area contributed by atoms with Crippen LogP contribution in [0.15, 0.2) is 12.4 Å². The fraction of sp³-hybridized carbons (Fsp3) is 0.385. The first-order valence-corrected chi connectivity index (χ1v) is 6.43. The monoisotopic (exact) mass is 256 g/mol. The SMILES string of the molecule is Cc1cnc(-c2nc3c(c(NN)n2)CCCC3)nc1. The Balaban J connectivity index is 2.09. The van der Waals surface area contributed by atoms with Crippen molar-refractivity contribution < 1.29 is 0 Å². The van der Waals surface area contributed by atoms with E-state index in [1.165, 1.54) is 0 Å². The molecule has 2 heterocycles. The molecule has 0 saturated heterocycles. The van der Waals surface area contributed by atoms with Gasteiger partial charge < -0.3 is 5.43 Å². The smallest absolute Gasteiger partial charge is 0.199 e. The van der Waals surface area contributed by atoms with Gasteiger partial charge in [0, 0.05) is 23.7 Å². The lowest BCUT2D eigenvalue weighted by atomic mass is 9.96. The highest BCUT2D eigenvalue weighted by molar-refractivity contribution is 5.54. The molecule has 6 nitrogen and oxygen atoms in total. The number of aromatic nitrogens is 4. The van der Waals surface area contributed by atoms with Crippen molar-refractivity contribution in [1.29, 1.82) is 0 Å². The summed E-state index contributed by atoms with van der Waals surface area (Å²) >= 11 is 0. The molecule has 1 aliphatic rings. The van der Waals surface area contributed by atoms with Gasteiger partial charge in [0.05, 0.1) is 0 Å². The van der Waals surface area contributed by atoms with Crippen molar-refractivity contribution in [3.05, 3.63) is 29.2 Å². The molecule has 0 aliphatic heterocycles. The van der Waals surface area contributed by atoms with Crippen LogP contribution in [0.1, 0.15) is 29.7 Å². The molecule has 2 aromatic rings. The van der Waals surface area contributed by atoms with E-state index >= 15 is 0 Å². The van der Waals surface area contributed by atoms with Gasteiger partial charge in [0.15, 0.2) is 11.6 Å². The Bertz CT molecular complexity index is 576. The number of nitrogen functional groups attached to an aromatic ring is 1. The molecule has 0 radical (unpaired) electrons. The fourth-order valence-corrected chi connectivity index (χ4v) is 2.32. The standard InChI is InChI=1S/C13H16N6/c1-8-6-15-12(16-7-8)13-17-10-5-3-2-4-9(10)11(18-13)19-14/h6-7H,2-5,14H2,1H3,(H,17,18,19). The predicted octanol–water partition coefficient (Wildman–Crippen LogP) is 1.41. The molecule has 0 spiro atoms. The van der Waals surface area contributed by atoms with Gasteiger partial charge >= 0.3 is 0 Å². The minimum atomic E-state index is 0.536. The summed E-state index contributed by atoms with van der Waals surface area (Å²) in [6.07, 6.45) is 7.78. The van der Waals surface area contributed by atoms with Crippen LogP contribution in [0, 0.1) is 6.92 Å². The summed E-state index contributed by atoms with van der Waals surface area (Å²) in [5.74, 6) is 7.34. The number of rotatable bonds is 2. The zero-order valence-electron chi connectivity index (χ0n) is 10.8. The fourth-order valence-electron chi connectivity index (χ4n) is 2.32. The van der Waals surface area contributed by atoms with Crippen LogP contribution in [-0.2, 0) is 12.8 Å². The molecule has 3 rings (SSSR count).